The van der Waals surface area contributed by atoms with E-state index >= 15 is 0 Å². The quantitative estimate of drug-likeness (QED) is 0.504. The summed E-state index contributed by atoms with van der Waals surface area (Å²) in [5.74, 6) is 0.755. The maximum absolute atomic E-state index is 13.0. The number of fused-ring (bicyclic) bond motifs is 1. The van der Waals surface area contributed by atoms with Crippen LogP contribution in [0.1, 0.15) is 41.0 Å². The number of carbonyl (C=O) groups is 1. The highest BCUT2D eigenvalue weighted by Gasteiger charge is 2.13. The van der Waals surface area contributed by atoms with Gasteiger partial charge in [-0.2, -0.15) is 0 Å². The second-order valence-electron chi connectivity index (χ2n) is 7.59. The van der Waals surface area contributed by atoms with E-state index in [2.05, 4.69) is 29.4 Å². The number of aryl methyl sites for hydroxylation is 1. The zero-order chi connectivity index (χ0) is 21.8. The Hall–Kier alpha value is -3.73. The van der Waals surface area contributed by atoms with E-state index in [0.29, 0.717) is 34.5 Å². The Kier molecular flexibility index (Phi) is 5.94. The van der Waals surface area contributed by atoms with Crippen molar-refractivity contribution in [2.45, 2.75) is 26.2 Å². The molecule has 0 aliphatic carbocycles. The molecule has 0 bridgehead atoms. The number of hydrogen-bond acceptors (Lipinski definition) is 3. The molecule has 0 aliphatic heterocycles. The topological polar surface area (TPSA) is 64.0 Å². The van der Waals surface area contributed by atoms with Crippen molar-refractivity contribution in [1.82, 2.24) is 14.9 Å². The zero-order valence-corrected chi connectivity index (χ0v) is 17.7. The number of hydrogen-bond donors (Lipinski definition) is 1. The van der Waals surface area contributed by atoms with E-state index in [-0.39, 0.29) is 17.4 Å². The van der Waals surface area contributed by atoms with E-state index in [4.69, 9.17) is 0 Å². The van der Waals surface area contributed by atoms with Crippen molar-refractivity contribution in [3.63, 3.8) is 0 Å². The molecule has 4 aromatic rings. The summed E-state index contributed by atoms with van der Waals surface area (Å²) in [6.45, 7) is 4.51. The van der Waals surface area contributed by atoms with Crippen molar-refractivity contribution in [2.24, 2.45) is 0 Å². The van der Waals surface area contributed by atoms with E-state index in [9.17, 15) is 9.59 Å². The largest absolute Gasteiger partial charge is 0.351 e. The van der Waals surface area contributed by atoms with Gasteiger partial charge in [0.1, 0.15) is 5.82 Å². The first-order valence-electron chi connectivity index (χ1n) is 10.5. The monoisotopic (exact) mass is 411 g/mol. The van der Waals surface area contributed by atoms with Crippen LogP contribution in [0, 0.1) is 6.92 Å². The van der Waals surface area contributed by atoms with Gasteiger partial charge in [0.25, 0.3) is 11.5 Å². The Balaban J connectivity index is 1.53. The van der Waals surface area contributed by atoms with E-state index in [0.717, 1.165) is 6.42 Å². The number of nitrogens with one attached hydrogen (secondary N) is 1. The van der Waals surface area contributed by atoms with Gasteiger partial charge >= 0.3 is 0 Å². The summed E-state index contributed by atoms with van der Waals surface area (Å²) in [5, 5.41) is 3.61. The van der Waals surface area contributed by atoms with Crippen LogP contribution in [-0.2, 0) is 0 Å². The lowest BCUT2D eigenvalue weighted by Gasteiger charge is -2.16. The third-order valence-corrected chi connectivity index (χ3v) is 5.60. The molecular formula is C26H25N3O2. The molecule has 1 heterocycles. The van der Waals surface area contributed by atoms with Crippen molar-refractivity contribution in [3.8, 4) is 5.69 Å². The van der Waals surface area contributed by atoms with Crippen LogP contribution in [0.3, 0.4) is 0 Å². The predicted molar refractivity (Wildman–Crippen MR) is 124 cm³/mol. The fourth-order valence-electron chi connectivity index (χ4n) is 3.85. The van der Waals surface area contributed by atoms with Crippen LogP contribution in [0.15, 0.2) is 83.7 Å². The molecule has 0 unspecified atom stereocenters. The fraction of sp³-hybridized carbons (Fsp3) is 0.192. The third-order valence-electron chi connectivity index (χ3n) is 5.60. The maximum atomic E-state index is 13.0. The second-order valence-corrected chi connectivity index (χ2v) is 7.59. The average molecular weight is 412 g/mol. The lowest BCUT2D eigenvalue weighted by molar-refractivity contribution is 0.0951. The molecule has 1 atom stereocenters. The Morgan fingerprint density at radius 2 is 1.65 bits per heavy atom. The lowest BCUT2D eigenvalue weighted by Crippen LogP contribution is -2.28. The van der Waals surface area contributed by atoms with E-state index in [1.807, 2.05) is 43.3 Å². The summed E-state index contributed by atoms with van der Waals surface area (Å²) >= 11 is 0. The number of para-hydroxylation sites is 1. The highest BCUT2D eigenvalue weighted by atomic mass is 16.1. The highest BCUT2D eigenvalue weighted by molar-refractivity contribution is 5.94. The van der Waals surface area contributed by atoms with Crippen LogP contribution in [0.4, 0.5) is 0 Å². The first-order chi connectivity index (χ1) is 15.1. The molecule has 0 fully saturated rings. The van der Waals surface area contributed by atoms with Crippen LogP contribution in [0.2, 0.25) is 0 Å². The van der Waals surface area contributed by atoms with Gasteiger partial charge < -0.3 is 5.32 Å². The van der Waals surface area contributed by atoms with Crippen LogP contribution in [0.5, 0.6) is 0 Å². The minimum Gasteiger partial charge on any atom is -0.351 e. The fourth-order valence-corrected chi connectivity index (χ4v) is 3.85. The molecule has 31 heavy (non-hydrogen) atoms. The third kappa shape index (κ3) is 4.26. The summed E-state index contributed by atoms with van der Waals surface area (Å²) in [6.07, 6.45) is 0.945. The van der Waals surface area contributed by atoms with Crippen molar-refractivity contribution in [3.05, 3.63) is 106 Å². The molecule has 156 valence electrons. The van der Waals surface area contributed by atoms with Crippen molar-refractivity contribution in [1.29, 1.82) is 0 Å². The summed E-state index contributed by atoms with van der Waals surface area (Å²) in [7, 11) is 0. The predicted octanol–water partition coefficient (Wildman–Crippen LogP) is 4.62. The van der Waals surface area contributed by atoms with Gasteiger partial charge in [-0.15, -0.1) is 0 Å². The summed E-state index contributed by atoms with van der Waals surface area (Å²) < 4.78 is 1.58. The molecule has 1 N–H and O–H groups in total. The maximum Gasteiger partial charge on any atom is 0.265 e. The highest BCUT2D eigenvalue weighted by Crippen LogP contribution is 2.18. The Bertz CT molecular complexity index is 1260. The lowest BCUT2D eigenvalue weighted by atomic mass is 9.96. The molecular weight excluding hydrogens is 386 g/mol. The van der Waals surface area contributed by atoms with Gasteiger partial charge in [0.15, 0.2) is 0 Å². The van der Waals surface area contributed by atoms with Gasteiger partial charge in [0.2, 0.25) is 0 Å². The molecule has 0 saturated heterocycles. The van der Waals surface area contributed by atoms with Gasteiger partial charge in [-0.25, -0.2) is 4.98 Å². The number of amides is 1. The summed E-state index contributed by atoms with van der Waals surface area (Å²) in [5.41, 5.74) is 3.04. The summed E-state index contributed by atoms with van der Waals surface area (Å²) in [6, 6.07) is 24.6. The molecule has 1 aromatic heterocycles. The van der Waals surface area contributed by atoms with Gasteiger partial charge in [-0.05, 0) is 55.3 Å². The Morgan fingerprint density at radius 3 is 2.35 bits per heavy atom. The standard InChI is InChI=1S/C26H25N3O2/c1-3-19(20-9-5-4-6-10-20)17-27-25(30)21-13-15-22(16-14-21)29-18(2)28-24-12-8-7-11-23(24)26(29)31/h4-16,19H,3,17H2,1-2H3,(H,27,30)/t19-/m1/s1. The van der Waals surface area contributed by atoms with Crippen molar-refractivity contribution >= 4 is 16.8 Å². The van der Waals surface area contributed by atoms with Crippen LogP contribution < -0.4 is 10.9 Å². The van der Waals surface area contributed by atoms with Gasteiger partial charge in [-0.3, -0.25) is 14.2 Å². The normalized spacial score (nSPS) is 11.9. The van der Waals surface area contributed by atoms with E-state index in [1.165, 1.54) is 5.56 Å². The number of nitrogens with zero attached hydrogens (tertiary/aromatic N) is 2. The molecule has 0 aliphatic rings. The smallest absolute Gasteiger partial charge is 0.265 e. The molecule has 3 aromatic carbocycles. The molecule has 5 nitrogen and oxygen atoms in total. The first-order valence-corrected chi connectivity index (χ1v) is 10.5. The van der Waals surface area contributed by atoms with Crippen molar-refractivity contribution < 1.29 is 4.79 Å². The van der Waals surface area contributed by atoms with Gasteiger partial charge in [0.05, 0.1) is 16.6 Å². The minimum atomic E-state index is -0.123. The Morgan fingerprint density at radius 1 is 0.968 bits per heavy atom. The SMILES string of the molecule is CC[C@H](CNC(=O)c1ccc(-n2c(C)nc3ccccc3c2=O)cc1)c1ccccc1. The second kappa shape index (κ2) is 8.96. The molecule has 0 saturated carbocycles. The molecule has 0 spiro atoms. The van der Waals surface area contributed by atoms with Gasteiger partial charge in [-0.1, -0.05) is 49.4 Å². The van der Waals surface area contributed by atoms with Crippen LogP contribution in [0.25, 0.3) is 16.6 Å². The zero-order valence-electron chi connectivity index (χ0n) is 17.7. The number of aromatic nitrogens is 2. The van der Waals surface area contributed by atoms with Crippen molar-refractivity contribution in [2.75, 3.05) is 6.54 Å². The molecule has 1 amide bonds. The van der Waals surface area contributed by atoms with Crippen LogP contribution in [-0.4, -0.2) is 22.0 Å². The number of benzene rings is 3. The summed E-state index contributed by atoms with van der Waals surface area (Å²) in [4.78, 5) is 30.2. The average Bonchev–Trinajstić information content (AvgIpc) is 2.80. The van der Waals surface area contributed by atoms with Crippen LogP contribution >= 0.6 is 0 Å². The minimum absolute atomic E-state index is 0.117. The molecule has 4 rings (SSSR count). The van der Waals surface area contributed by atoms with Gasteiger partial charge in [0, 0.05) is 18.0 Å². The first kappa shape index (κ1) is 20.5. The molecule has 5 heteroatoms. The van der Waals surface area contributed by atoms with E-state index in [1.54, 1.807) is 34.9 Å². The number of rotatable bonds is 6. The molecule has 0 radical (unpaired) electrons. The van der Waals surface area contributed by atoms with E-state index < -0.39 is 0 Å². The Labute approximate surface area is 181 Å². The number of carbonyl (C=O) groups excluding carboxylic acids is 1.